The van der Waals surface area contributed by atoms with Gasteiger partial charge in [0.05, 0.1) is 5.52 Å². The molecule has 0 saturated carbocycles. The van der Waals surface area contributed by atoms with Crippen LogP contribution in [0.5, 0.6) is 0 Å². The Bertz CT molecular complexity index is 709. The lowest BCUT2D eigenvalue weighted by atomic mass is 10.1. The number of anilines is 1. The van der Waals surface area contributed by atoms with E-state index >= 15 is 0 Å². The molecule has 2 aromatic rings. The lowest BCUT2D eigenvalue weighted by Gasteiger charge is -2.17. The molecule has 20 heavy (non-hydrogen) atoms. The van der Waals surface area contributed by atoms with Gasteiger partial charge in [-0.15, -0.1) is 0 Å². The minimum atomic E-state index is -1.08. The molecule has 0 aliphatic rings. The standard InChI is InChI=1S/C15H15FN2O2/c1-9-6-13(18(2)3)12-8-11(16)7-10(15(12)17-9)4-5-14(19)20/h4-8H,1-3H3,(H,19,20)/b5-4+. The molecule has 0 fully saturated rings. The van der Waals surface area contributed by atoms with Crippen molar-refractivity contribution in [1.82, 2.24) is 4.98 Å². The normalized spacial score (nSPS) is 11.2. The SMILES string of the molecule is Cc1cc(N(C)C)c2cc(F)cc(/C=C/C(=O)O)c2n1. The van der Waals surface area contributed by atoms with Crippen molar-refractivity contribution in [1.29, 1.82) is 0 Å². The third-order valence-corrected chi connectivity index (χ3v) is 2.90. The van der Waals surface area contributed by atoms with Gasteiger partial charge in [0.15, 0.2) is 0 Å². The van der Waals surface area contributed by atoms with Gasteiger partial charge in [-0.05, 0) is 31.2 Å². The Kier molecular flexibility index (Phi) is 3.70. The van der Waals surface area contributed by atoms with Crippen molar-refractivity contribution >= 4 is 28.6 Å². The number of rotatable bonds is 3. The van der Waals surface area contributed by atoms with Crippen molar-refractivity contribution in [2.24, 2.45) is 0 Å². The van der Waals surface area contributed by atoms with Crippen LogP contribution in [-0.2, 0) is 4.79 Å². The van der Waals surface area contributed by atoms with Crippen LogP contribution in [0.4, 0.5) is 10.1 Å². The monoisotopic (exact) mass is 274 g/mol. The number of aromatic nitrogens is 1. The third kappa shape index (κ3) is 2.77. The van der Waals surface area contributed by atoms with Crippen molar-refractivity contribution in [3.05, 3.63) is 41.3 Å². The van der Waals surface area contributed by atoms with Crippen LogP contribution in [0.3, 0.4) is 0 Å². The van der Waals surface area contributed by atoms with Gasteiger partial charge in [-0.25, -0.2) is 9.18 Å². The molecule has 0 aliphatic heterocycles. The number of carbonyl (C=O) groups is 1. The van der Waals surface area contributed by atoms with Gasteiger partial charge in [0.2, 0.25) is 0 Å². The molecule has 0 unspecified atom stereocenters. The van der Waals surface area contributed by atoms with E-state index in [1.54, 1.807) is 0 Å². The largest absolute Gasteiger partial charge is 0.478 e. The van der Waals surface area contributed by atoms with Gasteiger partial charge in [0.1, 0.15) is 5.82 Å². The van der Waals surface area contributed by atoms with Crippen molar-refractivity contribution in [2.45, 2.75) is 6.92 Å². The molecule has 4 nitrogen and oxygen atoms in total. The number of carboxylic acid groups (broad SMARTS) is 1. The van der Waals surface area contributed by atoms with E-state index in [1.807, 2.05) is 32.0 Å². The van der Waals surface area contributed by atoms with Crippen molar-refractivity contribution in [3.63, 3.8) is 0 Å². The molecule has 2 rings (SSSR count). The van der Waals surface area contributed by atoms with Crippen molar-refractivity contribution < 1.29 is 14.3 Å². The maximum absolute atomic E-state index is 13.7. The van der Waals surface area contributed by atoms with Crippen molar-refractivity contribution in [2.75, 3.05) is 19.0 Å². The van der Waals surface area contributed by atoms with E-state index < -0.39 is 11.8 Å². The number of aryl methyl sites for hydroxylation is 1. The molecule has 0 saturated heterocycles. The second-order valence-electron chi connectivity index (χ2n) is 4.74. The number of aliphatic carboxylic acids is 1. The number of pyridine rings is 1. The van der Waals surface area contributed by atoms with E-state index in [0.29, 0.717) is 16.5 Å². The molecule has 0 aliphatic carbocycles. The van der Waals surface area contributed by atoms with Crippen molar-refractivity contribution in [3.8, 4) is 0 Å². The molecular weight excluding hydrogens is 259 g/mol. The highest BCUT2D eigenvalue weighted by Crippen LogP contribution is 2.29. The van der Waals surface area contributed by atoms with E-state index in [-0.39, 0.29) is 0 Å². The Morgan fingerprint density at radius 3 is 2.65 bits per heavy atom. The van der Waals surface area contributed by atoms with Crippen LogP contribution in [0.25, 0.3) is 17.0 Å². The summed E-state index contributed by atoms with van der Waals surface area (Å²) >= 11 is 0. The average molecular weight is 274 g/mol. The van der Waals surface area contributed by atoms with Crippen LogP contribution >= 0.6 is 0 Å². The Labute approximate surface area is 116 Å². The molecule has 0 bridgehead atoms. The minimum absolute atomic E-state index is 0.420. The maximum atomic E-state index is 13.7. The number of nitrogens with zero attached hydrogens (tertiary/aromatic N) is 2. The molecule has 1 aromatic carbocycles. The lowest BCUT2D eigenvalue weighted by Crippen LogP contribution is -2.10. The predicted octanol–water partition coefficient (Wildman–Crippen LogP) is 2.85. The first-order valence-electron chi connectivity index (χ1n) is 6.07. The summed E-state index contributed by atoms with van der Waals surface area (Å²) in [5.41, 5.74) is 2.68. The first kappa shape index (κ1) is 14.0. The van der Waals surface area contributed by atoms with Gasteiger partial charge in [0.25, 0.3) is 0 Å². The molecular formula is C15H15FN2O2. The van der Waals surface area contributed by atoms with Gasteiger partial charge in [-0.1, -0.05) is 0 Å². The zero-order valence-corrected chi connectivity index (χ0v) is 11.5. The Morgan fingerprint density at radius 1 is 1.35 bits per heavy atom. The van der Waals surface area contributed by atoms with Crippen LogP contribution < -0.4 is 4.90 Å². The van der Waals surface area contributed by atoms with Gasteiger partial charge < -0.3 is 10.0 Å². The van der Waals surface area contributed by atoms with Gasteiger partial charge in [-0.2, -0.15) is 0 Å². The topological polar surface area (TPSA) is 53.4 Å². The number of carboxylic acids is 1. The molecule has 104 valence electrons. The predicted molar refractivity (Wildman–Crippen MR) is 77.4 cm³/mol. The maximum Gasteiger partial charge on any atom is 0.328 e. The van der Waals surface area contributed by atoms with Gasteiger partial charge in [0, 0.05) is 42.5 Å². The fraction of sp³-hybridized carbons (Fsp3) is 0.200. The summed E-state index contributed by atoms with van der Waals surface area (Å²) in [5, 5.41) is 9.36. The highest BCUT2D eigenvalue weighted by molar-refractivity contribution is 5.98. The second-order valence-corrected chi connectivity index (χ2v) is 4.74. The van der Waals surface area contributed by atoms with E-state index in [2.05, 4.69) is 4.98 Å². The second kappa shape index (κ2) is 5.28. The summed E-state index contributed by atoms with van der Waals surface area (Å²) in [4.78, 5) is 16.9. The fourth-order valence-electron chi connectivity index (χ4n) is 2.08. The molecule has 0 radical (unpaired) electrons. The number of hydrogen-bond donors (Lipinski definition) is 1. The van der Waals surface area contributed by atoms with E-state index in [9.17, 15) is 9.18 Å². The van der Waals surface area contributed by atoms with E-state index in [4.69, 9.17) is 5.11 Å². The highest BCUT2D eigenvalue weighted by Gasteiger charge is 2.10. The Morgan fingerprint density at radius 2 is 2.05 bits per heavy atom. The summed E-state index contributed by atoms with van der Waals surface area (Å²) in [6.45, 7) is 1.85. The summed E-state index contributed by atoms with van der Waals surface area (Å²) in [6.07, 6.45) is 2.34. The Balaban J connectivity index is 2.79. The number of fused-ring (bicyclic) bond motifs is 1. The molecule has 0 spiro atoms. The molecule has 1 N–H and O–H groups in total. The zero-order valence-electron chi connectivity index (χ0n) is 11.5. The molecule has 5 heteroatoms. The van der Waals surface area contributed by atoms with Crippen LogP contribution in [-0.4, -0.2) is 30.2 Å². The van der Waals surface area contributed by atoms with E-state index in [0.717, 1.165) is 17.5 Å². The van der Waals surface area contributed by atoms with Gasteiger partial charge in [-0.3, -0.25) is 4.98 Å². The average Bonchev–Trinajstić information content (AvgIpc) is 2.35. The number of halogens is 1. The quantitative estimate of drug-likeness (QED) is 0.874. The molecule has 0 amide bonds. The number of benzene rings is 1. The fourth-order valence-corrected chi connectivity index (χ4v) is 2.08. The van der Waals surface area contributed by atoms with Crippen LogP contribution in [0.1, 0.15) is 11.3 Å². The van der Waals surface area contributed by atoms with Gasteiger partial charge >= 0.3 is 5.97 Å². The summed E-state index contributed by atoms with van der Waals surface area (Å²) in [6, 6.07) is 4.56. The smallest absolute Gasteiger partial charge is 0.328 e. The summed E-state index contributed by atoms with van der Waals surface area (Å²) in [5.74, 6) is -1.50. The summed E-state index contributed by atoms with van der Waals surface area (Å²) in [7, 11) is 3.73. The first-order chi connectivity index (χ1) is 9.38. The molecule has 1 heterocycles. The van der Waals surface area contributed by atoms with Crippen LogP contribution in [0.2, 0.25) is 0 Å². The summed E-state index contributed by atoms with van der Waals surface area (Å²) < 4.78 is 13.7. The van der Waals surface area contributed by atoms with Crippen LogP contribution in [0.15, 0.2) is 24.3 Å². The highest BCUT2D eigenvalue weighted by atomic mass is 19.1. The van der Waals surface area contributed by atoms with E-state index in [1.165, 1.54) is 18.2 Å². The first-order valence-corrected chi connectivity index (χ1v) is 6.07. The molecule has 0 atom stereocenters. The third-order valence-electron chi connectivity index (χ3n) is 2.90. The minimum Gasteiger partial charge on any atom is -0.478 e. The number of hydrogen-bond acceptors (Lipinski definition) is 3. The van der Waals surface area contributed by atoms with Crippen LogP contribution in [0, 0.1) is 12.7 Å². The molecule has 1 aromatic heterocycles. The zero-order chi connectivity index (χ0) is 14.9. The lowest BCUT2D eigenvalue weighted by molar-refractivity contribution is -0.131. The Hall–Kier alpha value is -2.43.